The lowest BCUT2D eigenvalue weighted by Crippen LogP contribution is -2.14. The third kappa shape index (κ3) is 3.91. The Balaban J connectivity index is 1.79. The molecule has 0 bridgehead atoms. The van der Waals surface area contributed by atoms with Crippen LogP contribution < -0.4 is 5.32 Å². The summed E-state index contributed by atoms with van der Waals surface area (Å²) in [6.07, 6.45) is 0. The fourth-order valence-corrected chi connectivity index (χ4v) is 3.26. The molecule has 0 aliphatic heterocycles. The van der Waals surface area contributed by atoms with E-state index < -0.39 is 5.91 Å². The van der Waals surface area contributed by atoms with Gasteiger partial charge < -0.3 is 5.32 Å². The molecule has 0 unspecified atom stereocenters. The van der Waals surface area contributed by atoms with E-state index in [2.05, 4.69) is 15.4 Å². The number of aromatic nitrogens is 3. The maximum absolute atomic E-state index is 12.8. The maximum Gasteiger partial charge on any atom is 0.295 e. The minimum Gasteiger partial charge on any atom is -0.319 e. The Bertz CT molecular complexity index is 1180. The Labute approximate surface area is 174 Å². The van der Waals surface area contributed by atoms with Crippen molar-refractivity contribution in [2.75, 3.05) is 5.32 Å². The van der Waals surface area contributed by atoms with Gasteiger partial charge in [-0.25, -0.2) is 9.67 Å². The number of halogens is 1. The largest absolute Gasteiger partial charge is 0.319 e. The molecule has 0 fully saturated rings. The number of nitrogens with zero attached hydrogens (tertiary/aromatic N) is 3. The summed E-state index contributed by atoms with van der Waals surface area (Å²) in [4.78, 5) is 17.4. The zero-order valence-electron chi connectivity index (χ0n) is 16.1. The molecular weight excluding hydrogens is 384 g/mol. The van der Waals surface area contributed by atoms with Crippen LogP contribution in [-0.2, 0) is 0 Å². The van der Waals surface area contributed by atoms with Gasteiger partial charge in [0.1, 0.15) is 0 Å². The van der Waals surface area contributed by atoms with Gasteiger partial charge in [-0.15, -0.1) is 5.10 Å². The fourth-order valence-electron chi connectivity index (χ4n) is 3.07. The molecule has 1 N–H and O–H groups in total. The third-order valence-electron chi connectivity index (χ3n) is 4.73. The van der Waals surface area contributed by atoms with E-state index in [9.17, 15) is 4.79 Å². The molecular formula is C23H19ClN4O. The van der Waals surface area contributed by atoms with Gasteiger partial charge >= 0.3 is 0 Å². The predicted molar refractivity (Wildman–Crippen MR) is 116 cm³/mol. The molecule has 1 amide bonds. The second-order valence-electron chi connectivity index (χ2n) is 6.72. The number of amides is 1. The Morgan fingerprint density at radius 1 is 0.966 bits per heavy atom. The normalized spacial score (nSPS) is 10.7. The summed E-state index contributed by atoms with van der Waals surface area (Å²) in [6.45, 7) is 4.08. The topological polar surface area (TPSA) is 59.8 Å². The Kier molecular flexibility index (Phi) is 5.14. The van der Waals surface area contributed by atoms with Crippen LogP contribution in [0.25, 0.3) is 17.1 Å². The van der Waals surface area contributed by atoms with E-state index in [-0.39, 0.29) is 5.82 Å². The molecule has 0 atom stereocenters. The lowest BCUT2D eigenvalue weighted by molar-refractivity contribution is 0.101. The summed E-state index contributed by atoms with van der Waals surface area (Å²) in [5, 5.41) is 7.89. The number of aryl methyl sites for hydroxylation is 1. The second kappa shape index (κ2) is 7.89. The summed E-state index contributed by atoms with van der Waals surface area (Å²) in [6, 6.07) is 22.7. The van der Waals surface area contributed by atoms with Crippen molar-refractivity contribution in [1.29, 1.82) is 0 Å². The van der Waals surface area contributed by atoms with Crippen LogP contribution in [0.4, 0.5) is 5.69 Å². The molecule has 3 aromatic carbocycles. The van der Waals surface area contributed by atoms with Crippen LogP contribution in [0.2, 0.25) is 5.02 Å². The monoisotopic (exact) mass is 402 g/mol. The number of benzene rings is 3. The van der Waals surface area contributed by atoms with Crippen LogP contribution in [0.15, 0.2) is 72.8 Å². The first kappa shape index (κ1) is 18.9. The summed E-state index contributed by atoms with van der Waals surface area (Å²) in [5.41, 5.74) is 4.58. The quantitative estimate of drug-likeness (QED) is 0.493. The molecule has 0 spiro atoms. The molecule has 29 heavy (non-hydrogen) atoms. The van der Waals surface area contributed by atoms with Crippen LogP contribution >= 0.6 is 11.6 Å². The van der Waals surface area contributed by atoms with E-state index >= 15 is 0 Å². The van der Waals surface area contributed by atoms with Gasteiger partial charge in [-0.05, 0) is 49.2 Å². The summed E-state index contributed by atoms with van der Waals surface area (Å²) < 4.78 is 1.73. The first-order valence-electron chi connectivity index (χ1n) is 9.19. The van der Waals surface area contributed by atoms with Crippen LogP contribution in [0.3, 0.4) is 0 Å². The van der Waals surface area contributed by atoms with Gasteiger partial charge in [0.15, 0.2) is 5.82 Å². The van der Waals surface area contributed by atoms with Crippen molar-refractivity contribution < 1.29 is 4.79 Å². The predicted octanol–water partition coefficient (Wildman–Crippen LogP) is 5.46. The number of nitrogens with one attached hydrogen (secondary N) is 1. The molecule has 0 saturated heterocycles. The molecule has 0 saturated carbocycles. The first-order chi connectivity index (χ1) is 14.0. The van der Waals surface area contributed by atoms with Gasteiger partial charge in [-0.1, -0.05) is 60.1 Å². The average Bonchev–Trinajstić information content (AvgIpc) is 3.16. The van der Waals surface area contributed by atoms with E-state index in [1.165, 1.54) is 0 Å². The van der Waals surface area contributed by atoms with Crippen LogP contribution in [0.1, 0.15) is 21.7 Å². The zero-order valence-corrected chi connectivity index (χ0v) is 16.8. The SMILES string of the molecule is Cc1cccc(-n2nc(C(=O)Nc3cccc(Cl)c3)nc2-c2ccccc2)c1C. The Hall–Kier alpha value is -3.44. The third-order valence-corrected chi connectivity index (χ3v) is 4.96. The fraction of sp³-hybridized carbons (Fsp3) is 0.0870. The molecule has 4 rings (SSSR count). The van der Waals surface area contributed by atoms with Crippen molar-refractivity contribution in [3.63, 3.8) is 0 Å². The lowest BCUT2D eigenvalue weighted by Gasteiger charge is -2.10. The molecule has 144 valence electrons. The van der Waals surface area contributed by atoms with Gasteiger partial charge in [0.25, 0.3) is 5.91 Å². The number of carbonyl (C=O) groups excluding carboxylic acids is 1. The van der Waals surface area contributed by atoms with E-state index in [1.807, 2.05) is 62.4 Å². The van der Waals surface area contributed by atoms with Crippen molar-refractivity contribution in [3.05, 3.63) is 94.8 Å². The van der Waals surface area contributed by atoms with Crippen LogP contribution in [-0.4, -0.2) is 20.7 Å². The standard InChI is InChI=1S/C23H19ClN4O/c1-15-8-6-13-20(16(15)2)28-22(17-9-4-3-5-10-17)26-21(27-28)23(29)25-19-12-7-11-18(24)14-19/h3-14H,1-2H3,(H,25,29). The lowest BCUT2D eigenvalue weighted by atomic mass is 10.1. The average molecular weight is 403 g/mol. The summed E-state index contributed by atoms with van der Waals surface area (Å²) in [5.74, 6) is 0.300. The molecule has 0 aliphatic carbocycles. The van der Waals surface area contributed by atoms with Gasteiger partial charge in [0.05, 0.1) is 5.69 Å². The van der Waals surface area contributed by atoms with Gasteiger partial charge in [0, 0.05) is 16.3 Å². The molecule has 0 aliphatic rings. The minimum atomic E-state index is -0.395. The van der Waals surface area contributed by atoms with Crippen molar-refractivity contribution in [3.8, 4) is 17.1 Å². The summed E-state index contributed by atoms with van der Waals surface area (Å²) in [7, 11) is 0. The second-order valence-corrected chi connectivity index (χ2v) is 7.16. The van der Waals surface area contributed by atoms with Crippen molar-refractivity contribution in [2.45, 2.75) is 13.8 Å². The van der Waals surface area contributed by atoms with Gasteiger partial charge in [-0.3, -0.25) is 4.79 Å². The molecule has 1 heterocycles. The van der Waals surface area contributed by atoms with E-state index in [4.69, 9.17) is 11.6 Å². The van der Waals surface area contributed by atoms with Crippen LogP contribution in [0, 0.1) is 13.8 Å². The highest BCUT2D eigenvalue weighted by molar-refractivity contribution is 6.30. The minimum absolute atomic E-state index is 0.0877. The number of carbonyl (C=O) groups is 1. The number of hydrogen-bond donors (Lipinski definition) is 1. The molecule has 1 aromatic heterocycles. The number of hydrogen-bond acceptors (Lipinski definition) is 3. The molecule has 0 radical (unpaired) electrons. The smallest absolute Gasteiger partial charge is 0.295 e. The summed E-state index contributed by atoms with van der Waals surface area (Å²) >= 11 is 6.01. The number of anilines is 1. The molecule has 6 heteroatoms. The maximum atomic E-state index is 12.8. The van der Waals surface area contributed by atoms with E-state index in [0.717, 1.165) is 22.4 Å². The van der Waals surface area contributed by atoms with E-state index in [0.29, 0.717) is 16.5 Å². The molecule has 4 aromatic rings. The van der Waals surface area contributed by atoms with Crippen molar-refractivity contribution in [2.24, 2.45) is 0 Å². The highest BCUT2D eigenvalue weighted by atomic mass is 35.5. The molecule has 5 nitrogen and oxygen atoms in total. The Morgan fingerprint density at radius 3 is 2.48 bits per heavy atom. The first-order valence-corrected chi connectivity index (χ1v) is 9.57. The van der Waals surface area contributed by atoms with Gasteiger partial charge in [-0.2, -0.15) is 0 Å². The van der Waals surface area contributed by atoms with Gasteiger partial charge in [0.2, 0.25) is 5.82 Å². The van der Waals surface area contributed by atoms with E-state index in [1.54, 1.807) is 28.9 Å². The van der Waals surface area contributed by atoms with Crippen LogP contribution in [0.5, 0.6) is 0 Å². The number of rotatable bonds is 4. The van der Waals surface area contributed by atoms with Crippen molar-refractivity contribution in [1.82, 2.24) is 14.8 Å². The Morgan fingerprint density at radius 2 is 1.72 bits per heavy atom. The zero-order chi connectivity index (χ0) is 20.4. The van der Waals surface area contributed by atoms with Crippen molar-refractivity contribution >= 4 is 23.2 Å². The highest BCUT2D eigenvalue weighted by Gasteiger charge is 2.20. The highest BCUT2D eigenvalue weighted by Crippen LogP contribution is 2.25.